The van der Waals surface area contributed by atoms with Crippen LogP contribution in [0, 0.1) is 5.82 Å². The van der Waals surface area contributed by atoms with Gasteiger partial charge in [-0.3, -0.25) is 4.90 Å². The van der Waals surface area contributed by atoms with Crippen LogP contribution in [0.3, 0.4) is 0 Å². The van der Waals surface area contributed by atoms with Crippen LogP contribution in [-0.4, -0.2) is 59.8 Å². The third kappa shape index (κ3) is 5.97. The summed E-state index contributed by atoms with van der Waals surface area (Å²) in [5.41, 5.74) is -0.206. The van der Waals surface area contributed by atoms with E-state index < -0.39 is 11.8 Å². The summed E-state index contributed by atoms with van der Waals surface area (Å²) in [6, 6.07) is 4.34. The predicted octanol–water partition coefficient (Wildman–Crippen LogP) is -1.32. The van der Waals surface area contributed by atoms with Crippen molar-refractivity contribution in [1.29, 1.82) is 0 Å². The Hall–Kier alpha value is -2.08. The van der Waals surface area contributed by atoms with Gasteiger partial charge >= 0.3 is 24.9 Å². The van der Waals surface area contributed by atoms with Gasteiger partial charge in [0.25, 0.3) is 0 Å². The molecule has 10 heteroatoms. The molecule has 0 radical (unpaired) electrons. The minimum Gasteiger partial charge on any atom is -0.545 e. The molecule has 1 aromatic heterocycles. The number of piperazine rings is 1. The molecule has 30 heavy (non-hydrogen) atoms. The maximum absolute atomic E-state index is 13.9. The van der Waals surface area contributed by atoms with Crippen molar-refractivity contribution in [2.24, 2.45) is 0 Å². The summed E-state index contributed by atoms with van der Waals surface area (Å²) >= 11 is 0. The molecule has 2 heterocycles. The van der Waals surface area contributed by atoms with Crippen LogP contribution in [0.1, 0.15) is 49.3 Å². The molecule has 1 aliphatic heterocycles. The Labute approximate surface area is 187 Å². The summed E-state index contributed by atoms with van der Waals surface area (Å²) < 4.78 is 24.7. The van der Waals surface area contributed by atoms with Crippen molar-refractivity contribution in [2.75, 3.05) is 37.7 Å². The second kappa shape index (κ2) is 10.8. The van der Waals surface area contributed by atoms with E-state index in [2.05, 4.69) is 26.9 Å². The van der Waals surface area contributed by atoms with Crippen molar-refractivity contribution < 1.29 is 42.4 Å². The number of ether oxygens (including phenoxy) is 1. The van der Waals surface area contributed by atoms with Gasteiger partial charge in [-0.15, -0.1) is 0 Å². The van der Waals surface area contributed by atoms with Crippen LogP contribution >= 0.6 is 0 Å². The minimum absolute atomic E-state index is 0. The van der Waals surface area contributed by atoms with E-state index in [1.54, 1.807) is 0 Å². The van der Waals surface area contributed by atoms with Gasteiger partial charge in [0.1, 0.15) is 0 Å². The van der Waals surface area contributed by atoms with E-state index in [4.69, 9.17) is 9.26 Å². The molecule has 0 spiro atoms. The number of carboxylic acid groups (broad SMARTS) is 1. The Bertz CT molecular complexity index is 840. The van der Waals surface area contributed by atoms with Crippen LogP contribution in [0.4, 0.5) is 10.4 Å². The first-order valence-electron chi connectivity index (χ1n) is 9.81. The number of hydrogen-bond donors (Lipinski definition) is 0. The van der Waals surface area contributed by atoms with Crippen molar-refractivity contribution in [3.8, 4) is 5.75 Å². The Morgan fingerprint density at radius 2 is 1.97 bits per heavy atom. The van der Waals surface area contributed by atoms with E-state index in [1.165, 1.54) is 12.1 Å². The van der Waals surface area contributed by atoms with E-state index in [9.17, 15) is 14.3 Å². The molecule has 1 aliphatic rings. The van der Waals surface area contributed by atoms with Gasteiger partial charge < -0.3 is 24.1 Å². The number of halogens is 1. The summed E-state index contributed by atoms with van der Waals surface area (Å²) in [6.07, 6.45) is 0.722. The molecule has 2 aromatic rings. The van der Waals surface area contributed by atoms with Crippen LogP contribution in [0.25, 0.3) is 0 Å². The first-order valence-corrected chi connectivity index (χ1v) is 9.81. The second-order valence-electron chi connectivity index (χ2n) is 7.53. The number of carboxylic acids is 1. The second-order valence-corrected chi connectivity index (χ2v) is 7.53. The van der Waals surface area contributed by atoms with Gasteiger partial charge in [-0.2, -0.15) is 4.98 Å². The van der Waals surface area contributed by atoms with Crippen LogP contribution in [-0.2, 0) is 0 Å². The maximum atomic E-state index is 13.9. The Morgan fingerprint density at radius 3 is 2.53 bits per heavy atom. The standard InChI is InChI=1S/C20H27FN4O4.Li/c1-13(2)18-22-20(29-23-18)25-9-7-24(8-10-25)14(3)6-11-28-17-5-4-15(19(26)27)12-16(17)21;/h4-5,12-14H,6-11H2,1-3H3,(H,26,27);/q;+1/p-1. The van der Waals surface area contributed by atoms with Crippen molar-refractivity contribution >= 4 is 12.0 Å². The first kappa shape index (κ1) is 24.2. The number of carbonyl (C=O) groups excluding carboxylic acids is 1. The summed E-state index contributed by atoms with van der Waals surface area (Å²) in [5, 5.41) is 14.8. The zero-order valence-electron chi connectivity index (χ0n) is 17.9. The zero-order valence-corrected chi connectivity index (χ0v) is 17.9. The number of hydrogen-bond acceptors (Lipinski definition) is 8. The molecule has 0 N–H and O–H groups in total. The Balaban J connectivity index is 0.00000320. The van der Waals surface area contributed by atoms with Gasteiger partial charge in [0.15, 0.2) is 17.4 Å². The van der Waals surface area contributed by atoms with E-state index >= 15 is 0 Å². The van der Waals surface area contributed by atoms with E-state index in [0.29, 0.717) is 18.4 Å². The minimum atomic E-state index is -1.41. The van der Waals surface area contributed by atoms with Gasteiger partial charge in [0.05, 0.1) is 12.6 Å². The predicted molar refractivity (Wildman–Crippen MR) is 102 cm³/mol. The van der Waals surface area contributed by atoms with Crippen LogP contribution in [0.2, 0.25) is 0 Å². The molecule has 1 atom stereocenters. The summed E-state index contributed by atoms with van der Waals surface area (Å²) in [4.78, 5) is 19.6. The molecule has 0 saturated carbocycles. The number of aromatic carboxylic acids is 1. The molecule has 3 rings (SSSR count). The van der Waals surface area contributed by atoms with Gasteiger partial charge in [-0.05, 0) is 31.5 Å². The topological polar surface area (TPSA) is 94.8 Å². The molecule has 1 unspecified atom stereocenters. The number of rotatable bonds is 8. The Kier molecular flexibility index (Phi) is 8.71. The molecule has 8 nitrogen and oxygen atoms in total. The molecule has 1 fully saturated rings. The average Bonchev–Trinajstić information content (AvgIpc) is 3.19. The van der Waals surface area contributed by atoms with E-state index in [0.717, 1.165) is 38.7 Å². The van der Waals surface area contributed by atoms with Gasteiger partial charge in [0, 0.05) is 43.7 Å². The third-order valence-electron chi connectivity index (χ3n) is 5.12. The monoisotopic (exact) mass is 412 g/mol. The Morgan fingerprint density at radius 1 is 1.27 bits per heavy atom. The fourth-order valence-electron chi connectivity index (χ4n) is 3.21. The molecule has 0 aliphatic carbocycles. The smallest absolute Gasteiger partial charge is 0.545 e. The van der Waals surface area contributed by atoms with Crippen molar-refractivity contribution in [2.45, 2.75) is 39.2 Å². The number of benzene rings is 1. The fourth-order valence-corrected chi connectivity index (χ4v) is 3.21. The SMILES string of the molecule is CC(C)c1noc(N2CCN(C(C)CCOc3ccc(C(=O)[O-])cc3F)CC2)n1.[Li+]. The zero-order chi connectivity index (χ0) is 21.0. The number of anilines is 1. The molecule has 158 valence electrons. The van der Waals surface area contributed by atoms with Gasteiger partial charge in [-0.25, -0.2) is 4.39 Å². The summed E-state index contributed by atoms with van der Waals surface area (Å²) in [5.74, 6) is -1.12. The molecule has 1 aromatic carbocycles. The van der Waals surface area contributed by atoms with Crippen LogP contribution in [0.15, 0.2) is 22.7 Å². The number of nitrogens with zero attached hydrogens (tertiary/aromatic N) is 4. The molecular weight excluding hydrogens is 386 g/mol. The average molecular weight is 412 g/mol. The maximum Gasteiger partial charge on any atom is 1.00 e. The summed E-state index contributed by atoms with van der Waals surface area (Å²) in [6.45, 7) is 9.81. The normalized spacial score (nSPS) is 15.7. The quantitative estimate of drug-likeness (QED) is 0.493. The van der Waals surface area contributed by atoms with Gasteiger partial charge in [-0.1, -0.05) is 19.0 Å². The molecule has 0 bridgehead atoms. The van der Waals surface area contributed by atoms with Crippen LogP contribution in [0.5, 0.6) is 5.75 Å². The van der Waals surface area contributed by atoms with Gasteiger partial charge in [0.2, 0.25) is 0 Å². The molecule has 1 saturated heterocycles. The number of aromatic nitrogens is 2. The van der Waals surface area contributed by atoms with E-state index in [1.807, 2.05) is 13.8 Å². The van der Waals surface area contributed by atoms with E-state index in [-0.39, 0.29) is 42.1 Å². The number of carbonyl (C=O) groups is 1. The largest absolute Gasteiger partial charge is 1.00 e. The fraction of sp³-hybridized carbons (Fsp3) is 0.550. The van der Waals surface area contributed by atoms with Crippen molar-refractivity contribution in [3.63, 3.8) is 0 Å². The van der Waals surface area contributed by atoms with Crippen molar-refractivity contribution in [1.82, 2.24) is 15.0 Å². The third-order valence-corrected chi connectivity index (χ3v) is 5.12. The van der Waals surface area contributed by atoms with Crippen molar-refractivity contribution in [3.05, 3.63) is 35.4 Å². The first-order chi connectivity index (χ1) is 13.8. The molecular formula is C20H26FLiN4O4. The van der Waals surface area contributed by atoms with Crippen LogP contribution < -0.4 is 33.6 Å². The molecule has 0 amide bonds. The summed E-state index contributed by atoms with van der Waals surface area (Å²) in [7, 11) is 0.